The summed E-state index contributed by atoms with van der Waals surface area (Å²) in [5.41, 5.74) is 0.557. The summed E-state index contributed by atoms with van der Waals surface area (Å²) in [6.45, 7) is 6.14. The molecule has 3 aromatic rings. The minimum absolute atomic E-state index is 0.108. The molecule has 0 aliphatic heterocycles. The molecule has 8 heteroatoms. The first-order valence-electron chi connectivity index (χ1n) is 7.38. The predicted octanol–water partition coefficient (Wildman–Crippen LogP) is 3.17. The number of nitrogens with zero attached hydrogens (tertiary/aromatic N) is 5. The van der Waals surface area contributed by atoms with Crippen LogP contribution in [0.2, 0.25) is 0 Å². The van der Waals surface area contributed by atoms with Crippen LogP contribution in [-0.4, -0.2) is 25.4 Å². The van der Waals surface area contributed by atoms with Gasteiger partial charge in [0.25, 0.3) is 0 Å². The van der Waals surface area contributed by atoms with Crippen LogP contribution in [0.3, 0.4) is 0 Å². The van der Waals surface area contributed by atoms with Gasteiger partial charge in [0, 0.05) is 23.8 Å². The van der Waals surface area contributed by atoms with E-state index < -0.39 is 0 Å². The van der Waals surface area contributed by atoms with E-state index in [0.717, 1.165) is 5.76 Å². The van der Waals surface area contributed by atoms with Crippen molar-refractivity contribution in [1.29, 1.82) is 0 Å². The zero-order valence-electron chi connectivity index (χ0n) is 13.6. The molecule has 7 nitrogen and oxygen atoms in total. The van der Waals surface area contributed by atoms with Gasteiger partial charge in [0.15, 0.2) is 11.6 Å². The molecule has 1 N–H and O–H groups in total. The van der Waals surface area contributed by atoms with Crippen LogP contribution in [0.1, 0.15) is 32.4 Å². The van der Waals surface area contributed by atoms with Crippen molar-refractivity contribution in [1.82, 2.24) is 25.4 Å². The Hall–Kier alpha value is -3.03. The van der Waals surface area contributed by atoms with Crippen LogP contribution in [0.25, 0.3) is 11.8 Å². The fourth-order valence-corrected chi connectivity index (χ4v) is 1.96. The highest BCUT2D eigenvalue weighted by Crippen LogP contribution is 2.24. The molecule has 24 heavy (non-hydrogen) atoms. The molecule has 0 bridgehead atoms. The van der Waals surface area contributed by atoms with Crippen LogP contribution in [0.15, 0.2) is 41.1 Å². The molecule has 1 aromatic carbocycles. The molecular formula is C16H17FN6O. The molecule has 0 radical (unpaired) electrons. The Kier molecular flexibility index (Phi) is 4.11. The smallest absolute Gasteiger partial charge is 0.181 e. The average Bonchev–Trinajstić information content (AvgIpc) is 3.17. The molecule has 0 saturated carbocycles. The van der Waals surface area contributed by atoms with E-state index in [1.165, 1.54) is 16.8 Å². The SMILES string of the molecule is CC(C)(C)c1cc(N/C=C\c2nnnn2-c2ccc(F)cc2)no1. The molecule has 0 atom stereocenters. The van der Waals surface area contributed by atoms with Gasteiger partial charge in [0.1, 0.15) is 11.6 Å². The summed E-state index contributed by atoms with van der Waals surface area (Å²) in [5.74, 6) is 1.56. The standard InChI is InChI=1S/C16H17FN6O/c1-16(2,3)13-10-14(20-24-13)18-9-8-15-19-21-22-23(15)12-6-4-11(17)5-7-12/h4-10H,1-3H3,(H,18,20)/b9-8-. The number of rotatable bonds is 4. The second kappa shape index (κ2) is 6.23. The molecule has 2 aromatic heterocycles. The van der Waals surface area contributed by atoms with Gasteiger partial charge >= 0.3 is 0 Å². The Bertz CT molecular complexity index is 844. The number of halogens is 1. The lowest BCUT2D eigenvalue weighted by Crippen LogP contribution is -2.09. The number of hydrogen-bond donors (Lipinski definition) is 1. The highest BCUT2D eigenvalue weighted by atomic mass is 19.1. The zero-order valence-corrected chi connectivity index (χ0v) is 13.6. The molecule has 0 saturated heterocycles. The van der Waals surface area contributed by atoms with Crippen molar-refractivity contribution in [3.8, 4) is 5.69 Å². The normalized spacial score (nSPS) is 12.0. The monoisotopic (exact) mass is 328 g/mol. The van der Waals surface area contributed by atoms with E-state index in [4.69, 9.17) is 4.52 Å². The number of aromatic nitrogens is 5. The first-order chi connectivity index (χ1) is 11.4. The molecular weight excluding hydrogens is 311 g/mol. The molecule has 0 spiro atoms. The number of benzene rings is 1. The van der Waals surface area contributed by atoms with Gasteiger partial charge in [-0.25, -0.2) is 4.39 Å². The van der Waals surface area contributed by atoms with Crippen LogP contribution < -0.4 is 5.32 Å². The quantitative estimate of drug-likeness (QED) is 0.792. The molecule has 2 heterocycles. The van der Waals surface area contributed by atoms with Gasteiger partial charge in [0.2, 0.25) is 0 Å². The molecule has 0 amide bonds. The summed E-state index contributed by atoms with van der Waals surface area (Å²) >= 11 is 0. The van der Waals surface area contributed by atoms with E-state index in [-0.39, 0.29) is 11.2 Å². The van der Waals surface area contributed by atoms with Crippen LogP contribution >= 0.6 is 0 Å². The summed E-state index contributed by atoms with van der Waals surface area (Å²) in [5, 5.41) is 18.4. The zero-order chi connectivity index (χ0) is 17.2. The van der Waals surface area contributed by atoms with E-state index >= 15 is 0 Å². The third-order valence-corrected chi connectivity index (χ3v) is 3.28. The van der Waals surface area contributed by atoms with Crippen LogP contribution in [0.4, 0.5) is 10.2 Å². The molecule has 3 rings (SSSR count). The second-order valence-corrected chi connectivity index (χ2v) is 6.23. The van der Waals surface area contributed by atoms with Crippen molar-refractivity contribution in [2.24, 2.45) is 0 Å². The second-order valence-electron chi connectivity index (χ2n) is 6.23. The Morgan fingerprint density at radius 2 is 1.96 bits per heavy atom. The fraction of sp³-hybridized carbons (Fsp3) is 0.250. The van der Waals surface area contributed by atoms with E-state index in [1.54, 1.807) is 24.4 Å². The van der Waals surface area contributed by atoms with Crippen LogP contribution in [-0.2, 0) is 5.41 Å². The van der Waals surface area contributed by atoms with E-state index in [0.29, 0.717) is 17.3 Å². The van der Waals surface area contributed by atoms with Gasteiger partial charge in [0.05, 0.1) is 5.69 Å². The maximum Gasteiger partial charge on any atom is 0.181 e. The minimum atomic E-state index is -0.314. The minimum Gasteiger partial charge on any atom is -0.359 e. The van der Waals surface area contributed by atoms with Crippen LogP contribution in [0.5, 0.6) is 0 Å². The van der Waals surface area contributed by atoms with Crippen molar-refractivity contribution < 1.29 is 8.91 Å². The fourth-order valence-electron chi connectivity index (χ4n) is 1.96. The first kappa shape index (κ1) is 15.9. The van der Waals surface area contributed by atoms with E-state index in [2.05, 4.69) is 26.0 Å². The third-order valence-electron chi connectivity index (χ3n) is 3.28. The van der Waals surface area contributed by atoms with Crippen molar-refractivity contribution in [3.63, 3.8) is 0 Å². The molecule has 0 unspecified atom stereocenters. The highest BCUT2D eigenvalue weighted by Gasteiger charge is 2.19. The van der Waals surface area contributed by atoms with Gasteiger partial charge in [-0.2, -0.15) is 4.68 Å². The van der Waals surface area contributed by atoms with E-state index in [9.17, 15) is 4.39 Å². The van der Waals surface area contributed by atoms with Crippen molar-refractivity contribution >= 4 is 11.9 Å². The molecule has 124 valence electrons. The maximum atomic E-state index is 13.0. The topological polar surface area (TPSA) is 81.7 Å². The van der Waals surface area contributed by atoms with Crippen molar-refractivity contribution in [2.45, 2.75) is 26.2 Å². The van der Waals surface area contributed by atoms with Gasteiger partial charge in [-0.1, -0.05) is 25.9 Å². The lowest BCUT2D eigenvalue weighted by molar-refractivity contribution is 0.331. The molecule has 0 fully saturated rings. The first-order valence-corrected chi connectivity index (χ1v) is 7.38. The number of anilines is 1. The Balaban J connectivity index is 1.73. The molecule has 0 aliphatic rings. The summed E-state index contributed by atoms with van der Waals surface area (Å²) in [6.07, 6.45) is 3.35. The third kappa shape index (κ3) is 3.48. The summed E-state index contributed by atoms with van der Waals surface area (Å²) in [6, 6.07) is 7.75. The molecule has 0 aliphatic carbocycles. The Morgan fingerprint density at radius 1 is 1.21 bits per heavy atom. The van der Waals surface area contributed by atoms with E-state index in [1.807, 2.05) is 26.8 Å². The van der Waals surface area contributed by atoms with Crippen molar-refractivity contribution in [2.75, 3.05) is 5.32 Å². The summed E-state index contributed by atoms with van der Waals surface area (Å²) in [7, 11) is 0. The highest BCUT2D eigenvalue weighted by molar-refractivity contribution is 5.49. The largest absolute Gasteiger partial charge is 0.359 e. The van der Waals surface area contributed by atoms with Crippen molar-refractivity contribution in [3.05, 3.63) is 53.9 Å². The summed E-state index contributed by atoms with van der Waals surface area (Å²) in [4.78, 5) is 0. The predicted molar refractivity (Wildman–Crippen MR) is 87.0 cm³/mol. The number of tetrazole rings is 1. The Morgan fingerprint density at radius 3 is 2.62 bits per heavy atom. The van der Waals surface area contributed by atoms with Crippen LogP contribution in [0, 0.1) is 5.82 Å². The summed E-state index contributed by atoms with van der Waals surface area (Å²) < 4.78 is 19.8. The number of nitrogens with one attached hydrogen (secondary N) is 1. The average molecular weight is 328 g/mol. The number of hydrogen-bond acceptors (Lipinski definition) is 6. The van der Waals surface area contributed by atoms with Gasteiger partial charge in [-0.3, -0.25) is 0 Å². The van der Waals surface area contributed by atoms with Gasteiger partial charge < -0.3 is 9.84 Å². The lowest BCUT2D eigenvalue weighted by Gasteiger charge is -2.11. The Labute approximate surface area is 138 Å². The van der Waals surface area contributed by atoms with Gasteiger partial charge in [-0.15, -0.1) is 5.10 Å². The van der Waals surface area contributed by atoms with Gasteiger partial charge in [-0.05, 0) is 34.7 Å². The lowest BCUT2D eigenvalue weighted by atomic mass is 9.93. The maximum absolute atomic E-state index is 13.0.